The zero-order valence-electron chi connectivity index (χ0n) is 15.0. The van der Waals surface area contributed by atoms with Crippen LogP contribution < -0.4 is 14.8 Å². The lowest BCUT2D eigenvalue weighted by molar-refractivity contribution is 0.0217. The quantitative estimate of drug-likeness (QED) is 0.887. The fourth-order valence-corrected chi connectivity index (χ4v) is 3.96. The molecule has 5 rings (SSSR count). The number of benzene rings is 1. The molecule has 0 saturated carbocycles. The predicted octanol–water partition coefficient (Wildman–Crippen LogP) is 2.69. The van der Waals surface area contributed by atoms with Crippen LogP contribution in [0.2, 0.25) is 0 Å². The molecule has 0 aliphatic carbocycles. The van der Waals surface area contributed by atoms with Crippen molar-refractivity contribution in [1.29, 1.82) is 0 Å². The second-order valence-corrected chi connectivity index (χ2v) is 6.93. The number of ether oxygens (including phenoxy) is 2. The Hall–Kier alpha value is -2.54. The molecule has 1 aromatic carbocycles. The molecule has 3 saturated heterocycles. The normalized spacial score (nSPS) is 27.2. The summed E-state index contributed by atoms with van der Waals surface area (Å²) in [5.74, 6) is 1.71. The lowest BCUT2D eigenvalue weighted by Gasteiger charge is -2.49. The molecular formula is C19H23N3O4. The SMILES string of the molecule is COc1cc(Oc2ccc(C(=O)N[C@@H]3C4CCN(CC4)[C@H]3C)cc2)no1. The van der Waals surface area contributed by atoms with Gasteiger partial charge in [0.25, 0.3) is 11.8 Å². The van der Waals surface area contributed by atoms with Gasteiger partial charge in [0.2, 0.25) is 0 Å². The van der Waals surface area contributed by atoms with Crippen LogP contribution in [0, 0.1) is 5.92 Å². The number of carbonyl (C=O) groups excluding carboxylic acids is 1. The molecule has 138 valence electrons. The van der Waals surface area contributed by atoms with Crippen LogP contribution in [-0.2, 0) is 0 Å². The number of carbonyl (C=O) groups is 1. The van der Waals surface area contributed by atoms with Gasteiger partial charge in [0.15, 0.2) is 0 Å². The molecule has 3 fully saturated rings. The molecule has 1 amide bonds. The van der Waals surface area contributed by atoms with Gasteiger partial charge in [-0.25, -0.2) is 0 Å². The number of hydrogen-bond donors (Lipinski definition) is 1. The van der Waals surface area contributed by atoms with Crippen LogP contribution in [-0.4, -0.2) is 48.2 Å². The van der Waals surface area contributed by atoms with Gasteiger partial charge in [-0.3, -0.25) is 9.69 Å². The summed E-state index contributed by atoms with van der Waals surface area (Å²) in [5.41, 5.74) is 0.624. The number of methoxy groups -OCH3 is 1. The second-order valence-electron chi connectivity index (χ2n) is 6.93. The van der Waals surface area contributed by atoms with E-state index in [2.05, 4.69) is 22.3 Å². The molecule has 4 heterocycles. The standard InChI is InChI=1S/C19H23N3O4/c1-12-18(13-7-9-22(12)10-8-13)20-19(23)14-3-5-15(6-4-14)25-16-11-17(24-2)26-21-16/h3-6,11-13,18H,7-10H2,1-2H3,(H,20,23)/t12-,18-/m0/s1. The van der Waals surface area contributed by atoms with E-state index >= 15 is 0 Å². The van der Waals surface area contributed by atoms with E-state index in [-0.39, 0.29) is 17.9 Å². The Balaban J connectivity index is 1.39. The third-order valence-electron chi connectivity index (χ3n) is 5.48. The topological polar surface area (TPSA) is 76.8 Å². The molecule has 2 aromatic rings. The number of amides is 1. The lowest BCUT2D eigenvalue weighted by Crippen LogP contribution is -2.62. The summed E-state index contributed by atoms with van der Waals surface area (Å²) in [5, 5.41) is 6.97. The van der Waals surface area contributed by atoms with Gasteiger partial charge in [0.05, 0.1) is 13.2 Å². The van der Waals surface area contributed by atoms with E-state index in [1.165, 1.54) is 20.0 Å². The molecule has 0 unspecified atom stereocenters. The highest BCUT2D eigenvalue weighted by atomic mass is 16.6. The number of piperidine rings is 3. The van der Waals surface area contributed by atoms with E-state index < -0.39 is 0 Å². The highest BCUT2D eigenvalue weighted by molar-refractivity contribution is 5.94. The maximum atomic E-state index is 12.6. The smallest absolute Gasteiger partial charge is 0.314 e. The Morgan fingerprint density at radius 1 is 1.27 bits per heavy atom. The zero-order chi connectivity index (χ0) is 18.1. The van der Waals surface area contributed by atoms with Gasteiger partial charge >= 0.3 is 5.95 Å². The lowest BCUT2D eigenvalue weighted by atomic mass is 9.79. The molecule has 0 radical (unpaired) electrons. The van der Waals surface area contributed by atoms with Crippen molar-refractivity contribution in [3.05, 3.63) is 35.9 Å². The van der Waals surface area contributed by atoms with Crippen molar-refractivity contribution in [2.24, 2.45) is 5.92 Å². The molecule has 1 aromatic heterocycles. The average molecular weight is 357 g/mol. The van der Waals surface area contributed by atoms with E-state index in [9.17, 15) is 4.79 Å². The Kier molecular flexibility index (Phi) is 4.55. The van der Waals surface area contributed by atoms with Gasteiger partial charge in [0.1, 0.15) is 5.75 Å². The summed E-state index contributed by atoms with van der Waals surface area (Å²) in [6.45, 7) is 4.51. The molecule has 2 bridgehead atoms. The Labute approximate surface area is 152 Å². The Morgan fingerprint density at radius 2 is 2.00 bits per heavy atom. The first kappa shape index (κ1) is 16.9. The van der Waals surface area contributed by atoms with Crippen molar-refractivity contribution in [3.8, 4) is 17.6 Å². The zero-order valence-corrected chi connectivity index (χ0v) is 15.0. The van der Waals surface area contributed by atoms with Gasteiger partial charge in [0, 0.05) is 17.6 Å². The third-order valence-corrected chi connectivity index (χ3v) is 5.48. The summed E-state index contributed by atoms with van der Waals surface area (Å²) in [4.78, 5) is 15.1. The van der Waals surface area contributed by atoms with E-state index in [0.717, 1.165) is 13.1 Å². The molecule has 0 spiro atoms. The summed E-state index contributed by atoms with van der Waals surface area (Å²) in [6, 6.07) is 9.18. The van der Waals surface area contributed by atoms with Crippen molar-refractivity contribution < 1.29 is 18.8 Å². The van der Waals surface area contributed by atoms with E-state index in [0.29, 0.717) is 29.2 Å². The van der Waals surface area contributed by atoms with Crippen molar-refractivity contribution in [3.63, 3.8) is 0 Å². The fraction of sp³-hybridized carbons (Fsp3) is 0.474. The molecule has 1 N–H and O–H groups in total. The van der Waals surface area contributed by atoms with Gasteiger partial charge in [-0.2, -0.15) is 0 Å². The number of fused-ring (bicyclic) bond motifs is 3. The highest BCUT2D eigenvalue weighted by Crippen LogP contribution is 2.32. The van der Waals surface area contributed by atoms with Crippen LogP contribution in [0.25, 0.3) is 0 Å². The third kappa shape index (κ3) is 3.26. The monoisotopic (exact) mass is 357 g/mol. The number of aromatic nitrogens is 1. The molecule has 3 aliphatic rings. The van der Waals surface area contributed by atoms with Crippen molar-refractivity contribution in [2.45, 2.75) is 31.8 Å². The van der Waals surface area contributed by atoms with Crippen LogP contribution in [0.5, 0.6) is 17.6 Å². The van der Waals surface area contributed by atoms with Gasteiger partial charge in [-0.1, -0.05) is 0 Å². The first-order chi connectivity index (χ1) is 12.6. The second kappa shape index (κ2) is 6.99. The molecule has 7 heteroatoms. The summed E-state index contributed by atoms with van der Waals surface area (Å²) in [7, 11) is 1.49. The van der Waals surface area contributed by atoms with Crippen LogP contribution in [0.4, 0.5) is 0 Å². The van der Waals surface area contributed by atoms with Crippen LogP contribution in [0.15, 0.2) is 34.9 Å². The maximum Gasteiger partial charge on any atom is 0.314 e. The van der Waals surface area contributed by atoms with Crippen LogP contribution in [0.1, 0.15) is 30.1 Å². The number of rotatable bonds is 5. The predicted molar refractivity (Wildman–Crippen MR) is 94.6 cm³/mol. The highest BCUT2D eigenvalue weighted by Gasteiger charge is 2.40. The Morgan fingerprint density at radius 3 is 2.62 bits per heavy atom. The first-order valence-electron chi connectivity index (χ1n) is 8.97. The number of nitrogens with one attached hydrogen (secondary N) is 1. The van der Waals surface area contributed by atoms with Crippen molar-refractivity contribution >= 4 is 5.91 Å². The first-order valence-corrected chi connectivity index (χ1v) is 8.97. The summed E-state index contributed by atoms with van der Waals surface area (Å²) < 4.78 is 15.4. The maximum absolute atomic E-state index is 12.6. The van der Waals surface area contributed by atoms with E-state index in [1.54, 1.807) is 30.3 Å². The van der Waals surface area contributed by atoms with E-state index in [4.69, 9.17) is 14.0 Å². The molecule has 3 aliphatic heterocycles. The summed E-state index contributed by atoms with van der Waals surface area (Å²) >= 11 is 0. The van der Waals surface area contributed by atoms with Crippen molar-refractivity contribution in [2.75, 3.05) is 20.2 Å². The van der Waals surface area contributed by atoms with Crippen LogP contribution >= 0.6 is 0 Å². The number of hydrogen-bond acceptors (Lipinski definition) is 6. The number of nitrogens with zero attached hydrogens (tertiary/aromatic N) is 2. The minimum Gasteiger partial charge on any atom is -0.467 e. The van der Waals surface area contributed by atoms with Crippen molar-refractivity contribution in [1.82, 2.24) is 15.4 Å². The fourth-order valence-electron chi connectivity index (χ4n) is 3.96. The van der Waals surface area contributed by atoms with Gasteiger partial charge in [-0.15, -0.1) is 0 Å². The molecule has 2 atom stereocenters. The minimum absolute atomic E-state index is 0.0368. The molecular weight excluding hydrogens is 334 g/mol. The van der Waals surface area contributed by atoms with Crippen LogP contribution in [0.3, 0.4) is 0 Å². The Bertz CT molecular complexity index is 763. The molecule has 26 heavy (non-hydrogen) atoms. The molecule has 7 nitrogen and oxygen atoms in total. The summed E-state index contributed by atoms with van der Waals surface area (Å²) in [6.07, 6.45) is 2.34. The largest absolute Gasteiger partial charge is 0.467 e. The van der Waals surface area contributed by atoms with Gasteiger partial charge < -0.3 is 19.3 Å². The van der Waals surface area contributed by atoms with E-state index in [1.807, 2.05) is 0 Å². The van der Waals surface area contributed by atoms with Gasteiger partial charge in [-0.05, 0) is 68.2 Å². The average Bonchev–Trinajstić information content (AvgIpc) is 3.13. The minimum atomic E-state index is -0.0368.